The van der Waals surface area contributed by atoms with E-state index in [1.165, 1.54) is 18.2 Å². The van der Waals surface area contributed by atoms with Gasteiger partial charge in [0.15, 0.2) is 11.5 Å². The van der Waals surface area contributed by atoms with Crippen LogP contribution in [0.15, 0.2) is 91.0 Å². The standard InChI is InChI=1S/C56H65N5O9/c1-7-20-67-22-23-68-21-19-59(18-12-17-54(62)66-6)42-26-38(35-69-51-31-49-45(24-37(51)2)55(63)60-43(33-57(49)3)28-40-13-8-10-15-47(40)60)25-39(27-42)36-70-53-32-50-46(30-52(53)65-5)56(64)61-44(34-58(50)4)29-41-14-9-11-16-48(41)61/h8-11,13-16,24-27,30-32,43-44H,7,12,17-23,28-29,33-36H2,1-6H3/t43?,44-/m0/s1. The van der Waals surface area contributed by atoms with E-state index in [9.17, 15) is 14.4 Å². The van der Waals surface area contributed by atoms with Crippen molar-refractivity contribution in [2.45, 2.75) is 71.2 Å². The molecule has 4 heterocycles. The topological polar surface area (TPSA) is 123 Å². The Bertz CT molecular complexity index is 2730. The lowest BCUT2D eigenvalue weighted by Gasteiger charge is -2.26. The summed E-state index contributed by atoms with van der Waals surface area (Å²) in [5.74, 6) is 1.35. The van der Waals surface area contributed by atoms with Gasteiger partial charge in [0.1, 0.15) is 19.0 Å². The number of nitrogens with zero attached hydrogens (tertiary/aromatic N) is 5. The fourth-order valence-corrected chi connectivity index (χ4v) is 10.4. The molecule has 0 aromatic heterocycles. The molecule has 1 unspecified atom stereocenters. The fraction of sp³-hybridized carbons (Fsp3) is 0.411. The van der Waals surface area contributed by atoms with Gasteiger partial charge in [-0.15, -0.1) is 0 Å². The van der Waals surface area contributed by atoms with Gasteiger partial charge in [-0.1, -0.05) is 43.3 Å². The van der Waals surface area contributed by atoms with Crippen LogP contribution < -0.4 is 38.7 Å². The fourth-order valence-electron chi connectivity index (χ4n) is 10.4. The van der Waals surface area contributed by atoms with Crippen LogP contribution in [-0.4, -0.2) is 111 Å². The third-order valence-electron chi connectivity index (χ3n) is 13.9. The van der Waals surface area contributed by atoms with Crippen molar-refractivity contribution in [1.82, 2.24) is 0 Å². The number of methoxy groups -OCH3 is 2. The Hall–Kier alpha value is -6.77. The minimum atomic E-state index is -0.263. The summed E-state index contributed by atoms with van der Waals surface area (Å²) in [5.41, 5.74) is 10.7. The molecule has 0 N–H and O–H groups in total. The van der Waals surface area contributed by atoms with Crippen LogP contribution in [0, 0.1) is 6.92 Å². The molecule has 2 amide bonds. The van der Waals surface area contributed by atoms with Crippen LogP contribution in [0.3, 0.4) is 0 Å². The molecule has 2 atom stereocenters. The molecule has 5 aromatic rings. The first-order chi connectivity index (χ1) is 34.0. The largest absolute Gasteiger partial charge is 0.493 e. The number of para-hydroxylation sites is 2. The molecule has 0 spiro atoms. The molecule has 70 heavy (non-hydrogen) atoms. The number of esters is 1. The molecule has 0 saturated carbocycles. The third-order valence-corrected chi connectivity index (χ3v) is 13.9. The van der Waals surface area contributed by atoms with E-state index in [-0.39, 0.29) is 49.5 Å². The zero-order chi connectivity index (χ0) is 48.9. The summed E-state index contributed by atoms with van der Waals surface area (Å²) in [5, 5.41) is 0. The van der Waals surface area contributed by atoms with Crippen molar-refractivity contribution in [3.8, 4) is 17.2 Å². The molecule has 4 aliphatic rings. The third kappa shape index (κ3) is 10.1. The molecule has 0 aliphatic carbocycles. The van der Waals surface area contributed by atoms with E-state index in [4.69, 9.17) is 28.4 Å². The number of fused-ring (bicyclic) bond motifs is 8. The van der Waals surface area contributed by atoms with Gasteiger partial charge in [-0.2, -0.15) is 0 Å². The Morgan fingerprint density at radius 3 is 1.79 bits per heavy atom. The second-order valence-electron chi connectivity index (χ2n) is 18.7. The molecular weight excluding hydrogens is 887 g/mol. The van der Waals surface area contributed by atoms with E-state index < -0.39 is 0 Å². The Morgan fingerprint density at radius 2 is 1.20 bits per heavy atom. The SMILES string of the molecule is CCCOCCOCCN(CCCC(=O)OC)c1cc(COc2cc3c(cc2C)C(=O)N2c4ccccc4CC2CN3C)cc(COc2cc3c(cc2OC)C(=O)N2c4ccccc4C[C@H]2CN3C)c1. The first-order valence-electron chi connectivity index (χ1n) is 24.5. The minimum Gasteiger partial charge on any atom is -0.493 e. The van der Waals surface area contributed by atoms with E-state index in [2.05, 4.69) is 52.0 Å². The summed E-state index contributed by atoms with van der Waals surface area (Å²) in [6.45, 7) is 9.11. The molecule has 0 fully saturated rings. The monoisotopic (exact) mass is 951 g/mol. The maximum atomic E-state index is 14.3. The van der Waals surface area contributed by atoms with E-state index in [0.717, 1.165) is 64.4 Å². The van der Waals surface area contributed by atoms with Crippen molar-refractivity contribution in [3.05, 3.63) is 130 Å². The van der Waals surface area contributed by atoms with Crippen LogP contribution in [0.2, 0.25) is 0 Å². The van der Waals surface area contributed by atoms with Gasteiger partial charge < -0.3 is 52.9 Å². The van der Waals surface area contributed by atoms with Crippen molar-refractivity contribution < 1.29 is 42.8 Å². The van der Waals surface area contributed by atoms with Crippen LogP contribution in [0.4, 0.5) is 28.4 Å². The summed E-state index contributed by atoms with van der Waals surface area (Å²) in [6.07, 6.45) is 3.40. The first-order valence-corrected chi connectivity index (χ1v) is 24.5. The molecule has 0 bridgehead atoms. The lowest BCUT2D eigenvalue weighted by molar-refractivity contribution is -0.140. The number of ether oxygens (including phenoxy) is 6. The number of hydrogen-bond donors (Lipinski definition) is 0. The maximum absolute atomic E-state index is 14.3. The summed E-state index contributed by atoms with van der Waals surface area (Å²) < 4.78 is 36.0. The number of hydrogen-bond acceptors (Lipinski definition) is 12. The van der Waals surface area contributed by atoms with E-state index in [1.807, 2.05) is 85.4 Å². The highest BCUT2D eigenvalue weighted by Crippen LogP contribution is 2.43. The summed E-state index contributed by atoms with van der Waals surface area (Å²) in [6, 6.07) is 30.3. The van der Waals surface area contributed by atoms with Crippen LogP contribution in [0.5, 0.6) is 17.2 Å². The molecule has 14 heteroatoms. The van der Waals surface area contributed by atoms with E-state index in [1.54, 1.807) is 13.2 Å². The lowest BCUT2D eigenvalue weighted by atomic mass is 10.1. The summed E-state index contributed by atoms with van der Waals surface area (Å²) >= 11 is 0. The number of anilines is 5. The second kappa shape index (κ2) is 21.5. The van der Waals surface area contributed by atoms with Crippen molar-refractivity contribution >= 4 is 46.2 Å². The van der Waals surface area contributed by atoms with Gasteiger partial charge in [-0.3, -0.25) is 14.4 Å². The second-order valence-corrected chi connectivity index (χ2v) is 18.7. The van der Waals surface area contributed by atoms with Gasteiger partial charge in [0, 0.05) is 82.5 Å². The predicted molar refractivity (Wildman–Crippen MR) is 273 cm³/mol. The lowest BCUT2D eigenvalue weighted by Crippen LogP contribution is -2.41. The van der Waals surface area contributed by atoms with E-state index in [0.29, 0.717) is 87.4 Å². The Labute approximate surface area is 411 Å². The number of benzene rings is 5. The molecule has 0 radical (unpaired) electrons. The zero-order valence-corrected chi connectivity index (χ0v) is 41.3. The van der Waals surface area contributed by atoms with Crippen LogP contribution in [0.1, 0.15) is 74.7 Å². The number of aryl methyl sites for hydroxylation is 1. The van der Waals surface area contributed by atoms with Crippen molar-refractivity contribution in [2.24, 2.45) is 0 Å². The van der Waals surface area contributed by atoms with Gasteiger partial charge >= 0.3 is 5.97 Å². The smallest absolute Gasteiger partial charge is 0.305 e. The summed E-state index contributed by atoms with van der Waals surface area (Å²) in [4.78, 5) is 51.3. The average Bonchev–Trinajstić information content (AvgIpc) is 3.87. The molecule has 14 nitrogen and oxygen atoms in total. The summed E-state index contributed by atoms with van der Waals surface area (Å²) in [7, 11) is 7.06. The van der Waals surface area contributed by atoms with E-state index >= 15 is 0 Å². The van der Waals surface area contributed by atoms with Gasteiger partial charge in [0.25, 0.3) is 11.8 Å². The predicted octanol–water partition coefficient (Wildman–Crippen LogP) is 8.41. The highest BCUT2D eigenvalue weighted by molar-refractivity contribution is 6.13. The Balaban J connectivity index is 0.998. The number of carbonyl (C=O) groups is 3. The van der Waals surface area contributed by atoms with Crippen LogP contribution >= 0.6 is 0 Å². The molecule has 5 aromatic carbocycles. The molecule has 368 valence electrons. The van der Waals surface area contributed by atoms with Crippen LogP contribution in [0.25, 0.3) is 0 Å². The quantitative estimate of drug-likeness (QED) is 0.0550. The molecule has 9 rings (SSSR count). The normalized spacial score (nSPS) is 16.7. The highest BCUT2D eigenvalue weighted by Gasteiger charge is 2.41. The average molecular weight is 952 g/mol. The van der Waals surface area contributed by atoms with Crippen molar-refractivity contribution in [2.75, 3.05) is 105 Å². The maximum Gasteiger partial charge on any atom is 0.305 e. The minimum absolute atomic E-state index is 0.00140. The molecule has 4 aliphatic heterocycles. The first kappa shape index (κ1) is 48.3. The van der Waals surface area contributed by atoms with Gasteiger partial charge in [0.05, 0.1) is 68.6 Å². The number of amides is 2. The Kier molecular flexibility index (Phi) is 14.8. The van der Waals surface area contributed by atoms with Crippen LogP contribution in [-0.2, 0) is 45.1 Å². The number of carbonyl (C=O) groups excluding carboxylic acids is 3. The van der Waals surface area contributed by atoms with Gasteiger partial charge in [0.2, 0.25) is 0 Å². The van der Waals surface area contributed by atoms with Gasteiger partial charge in [-0.25, -0.2) is 0 Å². The highest BCUT2D eigenvalue weighted by atomic mass is 16.5. The molecule has 0 saturated heterocycles. The number of rotatable bonds is 20. The molecular formula is C56H65N5O9. The van der Waals surface area contributed by atoms with Crippen molar-refractivity contribution in [3.63, 3.8) is 0 Å². The zero-order valence-electron chi connectivity index (χ0n) is 41.3. The Morgan fingerprint density at radius 1 is 0.643 bits per heavy atom. The van der Waals surface area contributed by atoms with Crippen molar-refractivity contribution in [1.29, 1.82) is 0 Å². The number of likely N-dealkylation sites (N-methyl/N-ethyl adjacent to an activating group) is 2. The van der Waals surface area contributed by atoms with Gasteiger partial charge in [-0.05, 0) is 103 Å².